The first-order valence-electron chi connectivity index (χ1n) is 6.89. The summed E-state index contributed by atoms with van der Waals surface area (Å²) in [6, 6.07) is 11.6. The van der Waals surface area contributed by atoms with Crippen LogP contribution in [0.2, 0.25) is 0 Å². The van der Waals surface area contributed by atoms with Gasteiger partial charge in [-0.15, -0.1) is 0 Å². The van der Waals surface area contributed by atoms with E-state index in [1.54, 1.807) is 7.11 Å². The number of nitrogens with two attached hydrogens (primary N) is 1. The van der Waals surface area contributed by atoms with Crippen LogP contribution >= 0.6 is 15.9 Å². The molecule has 3 nitrogen and oxygen atoms in total. The summed E-state index contributed by atoms with van der Waals surface area (Å²) in [7, 11) is 1.66. The van der Waals surface area contributed by atoms with Gasteiger partial charge in [-0.1, -0.05) is 33.6 Å². The zero-order valence-electron chi connectivity index (χ0n) is 12.5. The average molecular weight is 350 g/mol. The second-order valence-corrected chi connectivity index (χ2v) is 5.75. The molecule has 2 N–H and O–H groups in total. The molecule has 4 heteroatoms. The molecule has 0 aliphatic carbocycles. The summed E-state index contributed by atoms with van der Waals surface area (Å²) in [6.45, 7) is 4.61. The van der Waals surface area contributed by atoms with Gasteiger partial charge in [0.25, 0.3) is 0 Å². The number of halogens is 1. The lowest BCUT2D eigenvalue weighted by Crippen LogP contribution is -2.15. The van der Waals surface area contributed by atoms with Crippen molar-refractivity contribution in [3.63, 3.8) is 0 Å². The van der Waals surface area contributed by atoms with E-state index in [2.05, 4.69) is 22.0 Å². The van der Waals surface area contributed by atoms with Crippen LogP contribution in [0.25, 0.3) is 0 Å². The molecule has 0 heterocycles. The summed E-state index contributed by atoms with van der Waals surface area (Å²) >= 11 is 3.50. The number of hydrogen-bond acceptors (Lipinski definition) is 3. The van der Waals surface area contributed by atoms with Gasteiger partial charge in [-0.25, -0.2) is 0 Å². The van der Waals surface area contributed by atoms with E-state index in [1.807, 2.05) is 44.2 Å². The van der Waals surface area contributed by atoms with Gasteiger partial charge >= 0.3 is 0 Å². The van der Waals surface area contributed by atoms with Crippen LogP contribution in [-0.4, -0.2) is 13.7 Å². The predicted octanol–water partition coefficient (Wildman–Crippen LogP) is 4.21. The van der Waals surface area contributed by atoms with Gasteiger partial charge in [0.15, 0.2) is 0 Å². The van der Waals surface area contributed by atoms with E-state index in [0.717, 1.165) is 32.7 Å². The lowest BCUT2D eigenvalue weighted by molar-refractivity contribution is 0.335. The molecule has 1 unspecified atom stereocenters. The van der Waals surface area contributed by atoms with Crippen molar-refractivity contribution >= 4 is 15.9 Å². The molecule has 21 heavy (non-hydrogen) atoms. The molecular weight excluding hydrogens is 330 g/mol. The number of hydrogen-bond donors (Lipinski definition) is 1. The molecule has 112 valence electrons. The third-order valence-electron chi connectivity index (χ3n) is 3.33. The largest absolute Gasteiger partial charge is 0.496 e. The second kappa shape index (κ2) is 6.96. The number of ether oxygens (including phenoxy) is 2. The Bertz CT molecular complexity index is 628. The minimum atomic E-state index is -0.307. The van der Waals surface area contributed by atoms with E-state index in [0.29, 0.717) is 6.61 Å². The van der Waals surface area contributed by atoms with Crippen molar-refractivity contribution in [3.8, 4) is 11.5 Å². The highest BCUT2D eigenvalue weighted by atomic mass is 79.9. The fraction of sp³-hybridized carbons (Fsp3) is 0.294. The fourth-order valence-electron chi connectivity index (χ4n) is 2.31. The van der Waals surface area contributed by atoms with E-state index in [4.69, 9.17) is 15.2 Å². The van der Waals surface area contributed by atoms with Gasteiger partial charge in [0, 0.05) is 15.6 Å². The molecule has 2 aromatic carbocycles. The third-order valence-corrected chi connectivity index (χ3v) is 3.82. The highest BCUT2D eigenvalue weighted by Gasteiger charge is 2.18. The quantitative estimate of drug-likeness (QED) is 0.878. The van der Waals surface area contributed by atoms with Crippen molar-refractivity contribution in [1.82, 2.24) is 0 Å². The Kier molecular flexibility index (Phi) is 5.26. The van der Waals surface area contributed by atoms with E-state index in [-0.39, 0.29) is 6.04 Å². The van der Waals surface area contributed by atoms with Crippen LogP contribution in [0.4, 0.5) is 0 Å². The molecule has 0 spiro atoms. The number of rotatable bonds is 5. The Hall–Kier alpha value is -1.52. The SMILES string of the molecule is CCOc1ccc(Br)cc1C(N)c1cc(C)ccc1OC. The summed E-state index contributed by atoms with van der Waals surface area (Å²) in [5, 5.41) is 0. The Morgan fingerprint density at radius 2 is 1.76 bits per heavy atom. The molecule has 0 aliphatic heterocycles. The van der Waals surface area contributed by atoms with E-state index >= 15 is 0 Å². The predicted molar refractivity (Wildman–Crippen MR) is 89.1 cm³/mol. The van der Waals surface area contributed by atoms with E-state index < -0.39 is 0 Å². The van der Waals surface area contributed by atoms with Crippen molar-refractivity contribution < 1.29 is 9.47 Å². The van der Waals surface area contributed by atoms with Gasteiger partial charge in [0.05, 0.1) is 19.8 Å². The molecule has 2 aromatic rings. The standard InChI is InChI=1S/C17H20BrNO2/c1-4-21-16-8-6-12(18)10-14(16)17(19)13-9-11(2)5-7-15(13)20-3/h5-10,17H,4,19H2,1-3H3. The first-order valence-corrected chi connectivity index (χ1v) is 7.68. The van der Waals surface area contributed by atoms with Gasteiger partial charge in [-0.3, -0.25) is 0 Å². The van der Waals surface area contributed by atoms with Crippen LogP contribution in [-0.2, 0) is 0 Å². The maximum Gasteiger partial charge on any atom is 0.124 e. The molecule has 0 aliphatic rings. The van der Waals surface area contributed by atoms with Crippen LogP contribution < -0.4 is 15.2 Å². The topological polar surface area (TPSA) is 44.5 Å². The summed E-state index contributed by atoms with van der Waals surface area (Å²) in [5.74, 6) is 1.59. The average Bonchev–Trinajstić information content (AvgIpc) is 2.48. The van der Waals surface area contributed by atoms with Crippen LogP contribution in [0.5, 0.6) is 11.5 Å². The Balaban J connectivity index is 2.51. The summed E-state index contributed by atoms with van der Waals surface area (Å²) in [4.78, 5) is 0. The third kappa shape index (κ3) is 3.57. The Morgan fingerprint density at radius 3 is 2.43 bits per heavy atom. The Morgan fingerprint density at radius 1 is 1.10 bits per heavy atom. The lowest BCUT2D eigenvalue weighted by atomic mass is 9.96. The molecule has 0 fully saturated rings. The Labute approximate surface area is 134 Å². The minimum Gasteiger partial charge on any atom is -0.496 e. The van der Waals surface area contributed by atoms with Gasteiger partial charge < -0.3 is 15.2 Å². The summed E-state index contributed by atoms with van der Waals surface area (Å²) < 4.78 is 12.1. The van der Waals surface area contributed by atoms with E-state index in [9.17, 15) is 0 Å². The lowest BCUT2D eigenvalue weighted by Gasteiger charge is -2.20. The molecule has 0 aromatic heterocycles. The molecule has 2 rings (SSSR count). The van der Waals surface area contributed by atoms with Crippen molar-refractivity contribution in [2.45, 2.75) is 19.9 Å². The smallest absolute Gasteiger partial charge is 0.124 e. The molecule has 0 saturated carbocycles. The minimum absolute atomic E-state index is 0.307. The van der Waals surface area contributed by atoms with Crippen molar-refractivity contribution in [2.24, 2.45) is 5.73 Å². The maximum absolute atomic E-state index is 6.48. The van der Waals surface area contributed by atoms with Crippen LogP contribution in [0, 0.1) is 6.92 Å². The fourth-order valence-corrected chi connectivity index (χ4v) is 2.69. The zero-order chi connectivity index (χ0) is 15.4. The van der Waals surface area contributed by atoms with Crippen LogP contribution in [0.15, 0.2) is 40.9 Å². The van der Waals surface area contributed by atoms with Crippen LogP contribution in [0.3, 0.4) is 0 Å². The number of benzene rings is 2. The monoisotopic (exact) mass is 349 g/mol. The van der Waals surface area contributed by atoms with E-state index in [1.165, 1.54) is 0 Å². The van der Waals surface area contributed by atoms with Gasteiger partial charge in [0.2, 0.25) is 0 Å². The number of methoxy groups -OCH3 is 1. The molecular formula is C17H20BrNO2. The summed E-state index contributed by atoms with van der Waals surface area (Å²) in [5.41, 5.74) is 9.52. The van der Waals surface area contributed by atoms with Crippen molar-refractivity contribution in [3.05, 3.63) is 57.6 Å². The molecule has 0 saturated heterocycles. The molecule has 0 amide bonds. The molecule has 1 atom stereocenters. The number of aryl methyl sites for hydroxylation is 1. The summed E-state index contributed by atoms with van der Waals surface area (Å²) in [6.07, 6.45) is 0. The van der Waals surface area contributed by atoms with Gasteiger partial charge in [0.1, 0.15) is 11.5 Å². The zero-order valence-corrected chi connectivity index (χ0v) is 14.1. The molecule has 0 radical (unpaired) electrons. The highest BCUT2D eigenvalue weighted by Crippen LogP contribution is 2.35. The highest BCUT2D eigenvalue weighted by molar-refractivity contribution is 9.10. The maximum atomic E-state index is 6.48. The van der Waals surface area contributed by atoms with Crippen LogP contribution in [0.1, 0.15) is 29.7 Å². The van der Waals surface area contributed by atoms with Gasteiger partial charge in [-0.05, 0) is 38.1 Å². The first kappa shape index (κ1) is 15.9. The second-order valence-electron chi connectivity index (χ2n) is 4.84. The van der Waals surface area contributed by atoms with Crippen molar-refractivity contribution in [1.29, 1.82) is 0 Å². The van der Waals surface area contributed by atoms with Crippen molar-refractivity contribution in [2.75, 3.05) is 13.7 Å². The normalized spacial score (nSPS) is 12.0. The first-order chi connectivity index (χ1) is 10.1. The van der Waals surface area contributed by atoms with Gasteiger partial charge in [-0.2, -0.15) is 0 Å². The molecule has 0 bridgehead atoms.